The number of carboxylic acids is 1. The summed E-state index contributed by atoms with van der Waals surface area (Å²) < 4.78 is 11.3. The van der Waals surface area contributed by atoms with Gasteiger partial charge in [-0.3, -0.25) is 4.79 Å². The molecule has 0 aromatic heterocycles. The van der Waals surface area contributed by atoms with Gasteiger partial charge in [0.05, 0.1) is 15.6 Å². The van der Waals surface area contributed by atoms with Gasteiger partial charge in [-0.2, -0.15) is 0 Å². The van der Waals surface area contributed by atoms with Crippen LogP contribution in [-0.2, 0) is 13.2 Å². The molecule has 0 aliphatic carbocycles. The smallest absolute Gasteiger partial charge is 0.336 e. The summed E-state index contributed by atoms with van der Waals surface area (Å²) in [6.45, 7) is 5.98. The zero-order chi connectivity index (χ0) is 27.7. The van der Waals surface area contributed by atoms with Crippen LogP contribution in [0.25, 0.3) is 0 Å². The monoisotopic (exact) mass is 550 g/mol. The molecule has 4 rings (SSSR count). The summed E-state index contributed by atoms with van der Waals surface area (Å²) in [5.41, 5.74) is 4.43. The van der Waals surface area contributed by atoms with E-state index < -0.39 is 5.97 Å². The molecule has 4 aromatic carbocycles. The number of carbonyl (C=O) groups is 2. The van der Waals surface area contributed by atoms with E-state index in [4.69, 9.17) is 37.8 Å². The summed E-state index contributed by atoms with van der Waals surface area (Å²) in [4.78, 5) is 22.4. The Kier molecular flexibility index (Phi) is 10.3. The first-order chi connectivity index (χ1) is 18.2. The normalized spacial score (nSPS) is 10.2. The van der Waals surface area contributed by atoms with Crippen LogP contribution >= 0.6 is 23.2 Å². The van der Waals surface area contributed by atoms with E-state index >= 15 is 0 Å². The lowest BCUT2D eigenvalue weighted by Crippen LogP contribution is -2.02. The molecule has 5 nitrogen and oxygen atoms in total. The van der Waals surface area contributed by atoms with Gasteiger partial charge >= 0.3 is 5.97 Å². The molecular formula is C31H28Cl2O5. The number of rotatable bonds is 8. The molecule has 0 saturated heterocycles. The lowest BCUT2D eigenvalue weighted by Gasteiger charge is -2.11. The fourth-order valence-corrected chi connectivity index (χ4v) is 4.05. The van der Waals surface area contributed by atoms with E-state index in [0.29, 0.717) is 45.9 Å². The molecular weight excluding hydrogens is 523 g/mol. The minimum atomic E-state index is -0.992. The number of hydrogen-bond donors (Lipinski definition) is 1. The second-order valence-corrected chi connectivity index (χ2v) is 9.42. The van der Waals surface area contributed by atoms with Gasteiger partial charge in [-0.05, 0) is 67.3 Å². The van der Waals surface area contributed by atoms with Crippen LogP contribution in [0.2, 0.25) is 10.0 Å². The molecule has 0 bridgehead atoms. The number of ether oxygens (including phenoxy) is 2. The fourth-order valence-electron chi connectivity index (χ4n) is 3.61. The number of Topliss-reactive ketones (excluding diaryl/α,β-unsaturated/α-hetero) is 1. The van der Waals surface area contributed by atoms with Crippen LogP contribution in [0.4, 0.5) is 0 Å². The Morgan fingerprint density at radius 1 is 0.684 bits per heavy atom. The van der Waals surface area contributed by atoms with Crippen molar-refractivity contribution in [1.82, 2.24) is 0 Å². The first-order valence-electron chi connectivity index (χ1n) is 11.8. The van der Waals surface area contributed by atoms with E-state index in [1.165, 1.54) is 13.0 Å². The number of hydrogen-bond acceptors (Lipinski definition) is 4. The van der Waals surface area contributed by atoms with E-state index in [1.54, 1.807) is 19.1 Å². The van der Waals surface area contributed by atoms with Crippen molar-refractivity contribution in [3.8, 4) is 11.5 Å². The van der Waals surface area contributed by atoms with Gasteiger partial charge in [0.2, 0.25) is 0 Å². The molecule has 0 atom stereocenters. The van der Waals surface area contributed by atoms with Crippen molar-refractivity contribution in [3.63, 3.8) is 0 Å². The number of carboxylic acid groups (broad SMARTS) is 1. The maximum atomic E-state index is 11.4. The minimum Gasteiger partial charge on any atom is -0.487 e. The number of ketones is 1. The highest BCUT2D eigenvalue weighted by atomic mass is 35.5. The van der Waals surface area contributed by atoms with E-state index in [9.17, 15) is 9.59 Å². The summed E-state index contributed by atoms with van der Waals surface area (Å²) in [5.74, 6) is 0.115. The van der Waals surface area contributed by atoms with Gasteiger partial charge in [-0.1, -0.05) is 83.9 Å². The molecule has 0 heterocycles. The van der Waals surface area contributed by atoms with Crippen molar-refractivity contribution < 1.29 is 24.2 Å². The average molecular weight is 551 g/mol. The van der Waals surface area contributed by atoms with E-state index in [0.717, 1.165) is 16.7 Å². The van der Waals surface area contributed by atoms with Gasteiger partial charge < -0.3 is 14.6 Å². The highest BCUT2D eigenvalue weighted by molar-refractivity contribution is 6.32. The molecule has 0 aliphatic rings. The van der Waals surface area contributed by atoms with Crippen LogP contribution in [0, 0.1) is 13.8 Å². The van der Waals surface area contributed by atoms with E-state index in [2.05, 4.69) is 0 Å². The topological polar surface area (TPSA) is 72.8 Å². The third-order valence-corrected chi connectivity index (χ3v) is 6.23. The van der Waals surface area contributed by atoms with Crippen LogP contribution in [0.3, 0.4) is 0 Å². The van der Waals surface area contributed by atoms with Crippen molar-refractivity contribution >= 4 is 35.0 Å². The predicted molar refractivity (Wildman–Crippen MR) is 151 cm³/mol. The predicted octanol–water partition coefficient (Wildman–Crippen LogP) is 8.36. The van der Waals surface area contributed by atoms with Gasteiger partial charge in [0.1, 0.15) is 24.7 Å². The molecule has 0 saturated carbocycles. The Balaban J connectivity index is 0.000000211. The third kappa shape index (κ3) is 8.10. The van der Waals surface area contributed by atoms with E-state index in [1.807, 2.05) is 73.7 Å². The Bertz CT molecular complexity index is 1290. The molecule has 0 unspecified atom stereocenters. The lowest BCUT2D eigenvalue weighted by molar-refractivity contribution is 0.0695. The SMILES string of the molecule is CC(=O)c1cc(Cl)c(OCc2ccccc2)cc1C.Cc1cc(OCc2ccccc2)c(Cl)cc1C(=O)O. The van der Waals surface area contributed by atoms with Crippen molar-refractivity contribution in [2.24, 2.45) is 0 Å². The number of halogens is 2. The first-order valence-corrected chi connectivity index (χ1v) is 12.6. The van der Waals surface area contributed by atoms with Crippen LogP contribution in [0.1, 0.15) is 49.9 Å². The maximum absolute atomic E-state index is 11.4. The zero-order valence-corrected chi connectivity index (χ0v) is 22.8. The fraction of sp³-hybridized carbons (Fsp3) is 0.161. The summed E-state index contributed by atoms with van der Waals surface area (Å²) in [6.07, 6.45) is 0. The van der Waals surface area contributed by atoms with Gasteiger partial charge in [-0.15, -0.1) is 0 Å². The Labute approximate surface area is 232 Å². The standard InChI is InChI=1S/C16H15ClO2.C15H13ClO3/c1-11-8-16(15(17)9-14(11)12(2)18)19-10-13-6-4-3-5-7-13;1-10-7-14(13(16)8-12(10)15(17)18)19-9-11-5-3-2-4-6-11/h3-9H,10H2,1-2H3;2-8H,9H2,1H3,(H,17,18). The van der Waals surface area contributed by atoms with Crippen LogP contribution in [0.5, 0.6) is 11.5 Å². The first kappa shape index (κ1) is 28.8. The summed E-state index contributed by atoms with van der Waals surface area (Å²) in [7, 11) is 0. The highest BCUT2D eigenvalue weighted by Crippen LogP contribution is 2.30. The van der Waals surface area contributed by atoms with Crippen molar-refractivity contribution in [3.05, 3.63) is 128 Å². The largest absolute Gasteiger partial charge is 0.487 e. The average Bonchev–Trinajstić information content (AvgIpc) is 2.90. The Hall–Kier alpha value is -3.80. The Morgan fingerprint density at radius 2 is 1.08 bits per heavy atom. The lowest BCUT2D eigenvalue weighted by atomic mass is 10.1. The maximum Gasteiger partial charge on any atom is 0.336 e. The number of aryl methyl sites for hydroxylation is 2. The minimum absolute atomic E-state index is 0.00834. The molecule has 0 radical (unpaired) electrons. The summed E-state index contributed by atoms with van der Waals surface area (Å²) >= 11 is 12.2. The summed E-state index contributed by atoms with van der Waals surface area (Å²) in [6, 6.07) is 26.1. The number of carbonyl (C=O) groups excluding carboxylic acids is 1. The molecule has 1 N–H and O–H groups in total. The zero-order valence-electron chi connectivity index (χ0n) is 21.3. The van der Waals surface area contributed by atoms with Crippen LogP contribution < -0.4 is 9.47 Å². The van der Waals surface area contributed by atoms with Gasteiger partial charge in [-0.25, -0.2) is 4.79 Å². The van der Waals surface area contributed by atoms with Crippen molar-refractivity contribution in [2.75, 3.05) is 0 Å². The van der Waals surface area contributed by atoms with Crippen LogP contribution in [0.15, 0.2) is 84.9 Å². The van der Waals surface area contributed by atoms with E-state index in [-0.39, 0.29) is 11.3 Å². The molecule has 7 heteroatoms. The molecule has 0 aliphatic heterocycles. The Morgan fingerprint density at radius 3 is 1.47 bits per heavy atom. The van der Waals surface area contributed by atoms with Gasteiger partial charge in [0.25, 0.3) is 0 Å². The van der Waals surface area contributed by atoms with Crippen LogP contribution in [-0.4, -0.2) is 16.9 Å². The van der Waals surface area contributed by atoms with Gasteiger partial charge in [0.15, 0.2) is 5.78 Å². The molecule has 38 heavy (non-hydrogen) atoms. The second kappa shape index (κ2) is 13.7. The highest BCUT2D eigenvalue weighted by Gasteiger charge is 2.12. The molecule has 0 fully saturated rings. The third-order valence-electron chi connectivity index (χ3n) is 5.64. The summed E-state index contributed by atoms with van der Waals surface area (Å²) in [5, 5.41) is 9.76. The quantitative estimate of drug-likeness (QED) is 0.223. The number of benzene rings is 4. The molecule has 196 valence electrons. The number of aromatic carboxylic acids is 1. The molecule has 4 aromatic rings. The van der Waals surface area contributed by atoms with Gasteiger partial charge in [0, 0.05) is 5.56 Å². The van der Waals surface area contributed by atoms with Crippen molar-refractivity contribution in [2.45, 2.75) is 34.0 Å². The molecule has 0 spiro atoms. The second-order valence-electron chi connectivity index (χ2n) is 8.60. The molecule has 0 amide bonds. The van der Waals surface area contributed by atoms with Crippen molar-refractivity contribution in [1.29, 1.82) is 0 Å².